The van der Waals surface area contributed by atoms with Gasteiger partial charge in [0.1, 0.15) is 5.75 Å². The Morgan fingerprint density at radius 2 is 1.68 bits per heavy atom. The molecule has 25 heavy (non-hydrogen) atoms. The van der Waals surface area contributed by atoms with Crippen molar-refractivity contribution >= 4 is 22.9 Å². The summed E-state index contributed by atoms with van der Waals surface area (Å²) in [6.45, 7) is 4.28. The van der Waals surface area contributed by atoms with Gasteiger partial charge in [-0.15, -0.1) is 0 Å². The second kappa shape index (κ2) is 7.18. The van der Waals surface area contributed by atoms with Crippen LogP contribution in [0.1, 0.15) is 41.3 Å². The van der Waals surface area contributed by atoms with E-state index in [4.69, 9.17) is 0 Å². The molecule has 2 N–H and O–H groups in total. The standard InChI is InChI=1S/C21H20N2O2/c1-14(2)16-9-7-15(8-10-16)13-22-23-21(25)19-11-17-5-3-4-6-18(17)12-20(19)24/h3-14,24H,1-2H3,(H,23,25). The third kappa shape index (κ3) is 3.86. The SMILES string of the molecule is CC(C)c1ccc(C=NNC(=O)c2cc3ccccc3cc2O)cc1. The predicted octanol–water partition coefficient (Wildman–Crippen LogP) is 4.43. The summed E-state index contributed by atoms with van der Waals surface area (Å²) in [5.74, 6) is -0.0347. The topological polar surface area (TPSA) is 61.7 Å². The lowest BCUT2D eigenvalue weighted by atomic mass is 10.0. The Kier molecular flexibility index (Phi) is 4.80. The van der Waals surface area contributed by atoms with Crippen molar-refractivity contribution in [2.24, 2.45) is 5.10 Å². The number of phenols is 1. The Bertz CT molecular complexity index is 928. The fraction of sp³-hybridized carbons (Fsp3) is 0.143. The summed E-state index contributed by atoms with van der Waals surface area (Å²) in [5.41, 5.74) is 4.81. The number of hydrazone groups is 1. The molecule has 0 aromatic heterocycles. The van der Waals surface area contributed by atoms with Crippen molar-refractivity contribution in [2.45, 2.75) is 19.8 Å². The number of hydrogen-bond donors (Lipinski definition) is 2. The zero-order chi connectivity index (χ0) is 17.8. The molecule has 0 saturated heterocycles. The Balaban J connectivity index is 1.73. The highest BCUT2D eigenvalue weighted by Gasteiger charge is 2.11. The van der Waals surface area contributed by atoms with Crippen LogP contribution in [0.15, 0.2) is 65.8 Å². The maximum atomic E-state index is 12.3. The quantitative estimate of drug-likeness (QED) is 0.548. The molecule has 0 aliphatic heterocycles. The second-order valence-corrected chi connectivity index (χ2v) is 6.24. The third-order valence-electron chi connectivity index (χ3n) is 4.09. The van der Waals surface area contributed by atoms with Gasteiger partial charge in [-0.2, -0.15) is 5.10 Å². The fourth-order valence-corrected chi connectivity index (χ4v) is 2.60. The van der Waals surface area contributed by atoms with Crippen LogP contribution in [0.5, 0.6) is 5.75 Å². The van der Waals surface area contributed by atoms with Gasteiger partial charge in [0.25, 0.3) is 5.91 Å². The lowest BCUT2D eigenvalue weighted by molar-refractivity contribution is 0.0952. The van der Waals surface area contributed by atoms with Crippen molar-refractivity contribution in [3.05, 3.63) is 77.4 Å². The predicted molar refractivity (Wildman–Crippen MR) is 101 cm³/mol. The molecule has 126 valence electrons. The molecule has 0 unspecified atom stereocenters. The summed E-state index contributed by atoms with van der Waals surface area (Å²) in [5, 5.41) is 15.8. The summed E-state index contributed by atoms with van der Waals surface area (Å²) in [7, 11) is 0. The monoisotopic (exact) mass is 332 g/mol. The van der Waals surface area contributed by atoms with Crippen LogP contribution in [-0.4, -0.2) is 17.2 Å². The van der Waals surface area contributed by atoms with E-state index in [2.05, 4.69) is 24.4 Å². The second-order valence-electron chi connectivity index (χ2n) is 6.24. The number of nitrogens with one attached hydrogen (secondary N) is 1. The maximum absolute atomic E-state index is 12.3. The number of benzene rings is 3. The van der Waals surface area contributed by atoms with E-state index in [1.54, 1.807) is 18.3 Å². The molecule has 1 amide bonds. The van der Waals surface area contributed by atoms with Gasteiger partial charge < -0.3 is 5.11 Å². The highest BCUT2D eigenvalue weighted by molar-refractivity contribution is 6.01. The highest BCUT2D eigenvalue weighted by Crippen LogP contribution is 2.24. The van der Waals surface area contributed by atoms with Gasteiger partial charge in [0.05, 0.1) is 11.8 Å². The van der Waals surface area contributed by atoms with Gasteiger partial charge in [0, 0.05) is 0 Å². The zero-order valence-electron chi connectivity index (χ0n) is 14.2. The van der Waals surface area contributed by atoms with Crippen molar-refractivity contribution in [1.29, 1.82) is 0 Å². The van der Waals surface area contributed by atoms with Crippen LogP contribution < -0.4 is 5.43 Å². The lowest BCUT2D eigenvalue weighted by Crippen LogP contribution is -2.17. The first kappa shape index (κ1) is 16.7. The smallest absolute Gasteiger partial charge is 0.275 e. The molecule has 0 spiro atoms. The number of carbonyl (C=O) groups excluding carboxylic acids is 1. The van der Waals surface area contributed by atoms with Crippen LogP contribution in [-0.2, 0) is 0 Å². The van der Waals surface area contributed by atoms with Crippen molar-refractivity contribution in [3.63, 3.8) is 0 Å². The molecule has 0 atom stereocenters. The number of nitrogens with zero attached hydrogens (tertiary/aromatic N) is 1. The first-order valence-electron chi connectivity index (χ1n) is 8.20. The first-order valence-corrected chi connectivity index (χ1v) is 8.20. The molecule has 0 fully saturated rings. The molecule has 0 aliphatic rings. The largest absolute Gasteiger partial charge is 0.507 e. The minimum atomic E-state index is -0.446. The number of hydrogen-bond acceptors (Lipinski definition) is 3. The van der Waals surface area contributed by atoms with Gasteiger partial charge in [-0.1, -0.05) is 62.4 Å². The van der Waals surface area contributed by atoms with Crippen LogP contribution in [0.25, 0.3) is 10.8 Å². The van der Waals surface area contributed by atoms with E-state index in [-0.39, 0.29) is 11.3 Å². The van der Waals surface area contributed by atoms with Crippen molar-refractivity contribution in [3.8, 4) is 5.75 Å². The van der Waals surface area contributed by atoms with E-state index in [1.165, 1.54) is 5.56 Å². The maximum Gasteiger partial charge on any atom is 0.275 e. The third-order valence-corrected chi connectivity index (χ3v) is 4.09. The molecule has 0 radical (unpaired) electrons. The molecule has 3 aromatic rings. The fourth-order valence-electron chi connectivity index (χ4n) is 2.60. The van der Waals surface area contributed by atoms with Gasteiger partial charge in [-0.25, -0.2) is 5.43 Å². The summed E-state index contributed by atoms with van der Waals surface area (Å²) >= 11 is 0. The summed E-state index contributed by atoms with van der Waals surface area (Å²) in [4.78, 5) is 12.3. The van der Waals surface area contributed by atoms with Gasteiger partial charge >= 0.3 is 0 Å². The number of rotatable bonds is 4. The number of amides is 1. The Morgan fingerprint density at radius 3 is 2.32 bits per heavy atom. The molecule has 0 heterocycles. The molecular formula is C21H20N2O2. The Morgan fingerprint density at radius 1 is 1.04 bits per heavy atom. The number of fused-ring (bicyclic) bond motifs is 1. The van der Waals surface area contributed by atoms with Crippen LogP contribution in [0.3, 0.4) is 0 Å². The molecule has 0 aliphatic carbocycles. The molecular weight excluding hydrogens is 312 g/mol. The molecule has 4 nitrogen and oxygen atoms in total. The van der Waals surface area contributed by atoms with Crippen LogP contribution >= 0.6 is 0 Å². The average Bonchev–Trinajstić information content (AvgIpc) is 2.61. The average molecular weight is 332 g/mol. The van der Waals surface area contributed by atoms with E-state index in [0.29, 0.717) is 5.92 Å². The van der Waals surface area contributed by atoms with Crippen LogP contribution in [0, 0.1) is 0 Å². The normalized spacial score (nSPS) is 11.3. The van der Waals surface area contributed by atoms with Crippen molar-refractivity contribution in [1.82, 2.24) is 5.43 Å². The molecule has 3 aromatic carbocycles. The Labute approximate surface area is 146 Å². The van der Waals surface area contributed by atoms with Crippen LogP contribution in [0.4, 0.5) is 0 Å². The number of aromatic hydroxyl groups is 1. The van der Waals surface area contributed by atoms with Gasteiger partial charge in [-0.3, -0.25) is 4.79 Å². The minimum Gasteiger partial charge on any atom is -0.507 e. The van der Waals surface area contributed by atoms with E-state index in [9.17, 15) is 9.90 Å². The summed E-state index contributed by atoms with van der Waals surface area (Å²) in [6.07, 6.45) is 1.58. The zero-order valence-corrected chi connectivity index (χ0v) is 14.2. The summed E-state index contributed by atoms with van der Waals surface area (Å²) < 4.78 is 0. The lowest BCUT2D eigenvalue weighted by Gasteiger charge is -2.06. The van der Waals surface area contributed by atoms with E-state index < -0.39 is 5.91 Å². The van der Waals surface area contributed by atoms with Gasteiger partial charge in [0.2, 0.25) is 0 Å². The van der Waals surface area contributed by atoms with Crippen molar-refractivity contribution < 1.29 is 9.90 Å². The molecule has 3 rings (SSSR count). The highest BCUT2D eigenvalue weighted by atomic mass is 16.3. The van der Waals surface area contributed by atoms with E-state index in [0.717, 1.165) is 16.3 Å². The molecule has 0 saturated carbocycles. The molecule has 4 heteroatoms. The minimum absolute atomic E-state index is 0.0623. The Hall–Kier alpha value is -3.14. The van der Waals surface area contributed by atoms with Gasteiger partial charge in [0.15, 0.2) is 0 Å². The molecule has 0 bridgehead atoms. The number of carbonyl (C=O) groups is 1. The number of phenolic OH excluding ortho intramolecular Hbond substituents is 1. The van der Waals surface area contributed by atoms with Crippen molar-refractivity contribution in [2.75, 3.05) is 0 Å². The summed E-state index contributed by atoms with van der Waals surface area (Å²) in [6, 6.07) is 18.8. The van der Waals surface area contributed by atoms with Crippen LogP contribution in [0.2, 0.25) is 0 Å². The van der Waals surface area contributed by atoms with Gasteiger partial charge in [-0.05, 0) is 39.9 Å². The first-order chi connectivity index (χ1) is 12.0. The van der Waals surface area contributed by atoms with E-state index >= 15 is 0 Å². The van der Waals surface area contributed by atoms with E-state index in [1.807, 2.05) is 48.5 Å².